The fourth-order valence-electron chi connectivity index (χ4n) is 3.91. The van der Waals surface area contributed by atoms with Gasteiger partial charge in [-0.3, -0.25) is 9.78 Å². The average molecular weight is 366 g/mol. The molecule has 142 valence electrons. The number of carbonyl (C=O) groups is 1. The predicted molar refractivity (Wildman–Crippen MR) is 105 cm³/mol. The summed E-state index contributed by atoms with van der Waals surface area (Å²) < 4.78 is 0. The number of rotatable bonds is 4. The Morgan fingerprint density at radius 3 is 2.48 bits per heavy atom. The van der Waals surface area contributed by atoms with Crippen LogP contribution in [-0.4, -0.2) is 52.2 Å². The molecule has 2 aliphatic rings. The largest absolute Gasteiger partial charge is 0.352 e. The van der Waals surface area contributed by atoms with Gasteiger partial charge in [0.05, 0.1) is 11.9 Å². The van der Waals surface area contributed by atoms with Crippen LogP contribution in [-0.2, 0) is 4.79 Å². The lowest BCUT2D eigenvalue weighted by molar-refractivity contribution is -0.136. The first-order valence-electron chi connectivity index (χ1n) is 9.84. The summed E-state index contributed by atoms with van der Waals surface area (Å²) in [6.45, 7) is 3.16. The minimum atomic E-state index is 0.253. The summed E-state index contributed by atoms with van der Waals surface area (Å²) in [6, 6.07) is 7.71. The maximum absolute atomic E-state index is 12.7. The van der Waals surface area contributed by atoms with E-state index in [0.29, 0.717) is 11.7 Å². The highest BCUT2D eigenvalue weighted by molar-refractivity contribution is 5.79. The van der Waals surface area contributed by atoms with Gasteiger partial charge in [-0.25, -0.2) is 0 Å². The Hall–Kier alpha value is -2.70. The second-order valence-electron chi connectivity index (χ2n) is 7.29. The summed E-state index contributed by atoms with van der Waals surface area (Å²) in [5.41, 5.74) is 0.884. The van der Waals surface area contributed by atoms with E-state index in [2.05, 4.69) is 25.4 Å². The number of anilines is 3. The third-order valence-corrected chi connectivity index (χ3v) is 5.45. The second kappa shape index (κ2) is 8.33. The molecule has 1 aliphatic carbocycles. The molecule has 7 heteroatoms. The molecule has 3 heterocycles. The van der Waals surface area contributed by atoms with Crippen LogP contribution < -0.4 is 10.2 Å². The number of carbonyl (C=O) groups excluding carboxylic acids is 1. The molecule has 1 aliphatic heterocycles. The van der Waals surface area contributed by atoms with Crippen LogP contribution >= 0.6 is 0 Å². The Kier molecular flexibility index (Phi) is 5.46. The number of pyridine rings is 1. The molecule has 1 amide bonds. The molecule has 2 fully saturated rings. The van der Waals surface area contributed by atoms with Crippen LogP contribution in [0.5, 0.6) is 0 Å². The molecule has 0 aromatic carbocycles. The zero-order valence-electron chi connectivity index (χ0n) is 15.5. The summed E-state index contributed by atoms with van der Waals surface area (Å²) in [4.78, 5) is 21.0. The Morgan fingerprint density at radius 1 is 1.00 bits per heavy atom. The van der Waals surface area contributed by atoms with Crippen LogP contribution in [0.3, 0.4) is 0 Å². The fraction of sp³-hybridized carbons (Fsp3) is 0.500. The Morgan fingerprint density at radius 2 is 1.81 bits per heavy atom. The van der Waals surface area contributed by atoms with E-state index in [1.165, 1.54) is 19.3 Å². The van der Waals surface area contributed by atoms with Gasteiger partial charge in [0.1, 0.15) is 0 Å². The molecule has 0 bridgehead atoms. The van der Waals surface area contributed by atoms with E-state index in [4.69, 9.17) is 0 Å². The number of hydrogen-bond acceptors (Lipinski definition) is 6. The van der Waals surface area contributed by atoms with Gasteiger partial charge < -0.3 is 15.1 Å². The van der Waals surface area contributed by atoms with Gasteiger partial charge in [0.2, 0.25) is 5.91 Å². The number of nitrogens with one attached hydrogen (secondary N) is 1. The van der Waals surface area contributed by atoms with Crippen molar-refractivity contribution < 1.29 is 4.79 Å². The highest BCUT2D eigenvalue weighted by atomic mass is 16.2. The second-order valence-corrected chi connectivity index (χ2v) is 7.29. The van der Waals surface area contributed by atoms with Gasteiger partial charge in [-0.05, 0) is 37.1 Å². The molecular weight excluding hydrogens is 340 g/mol. The number of hydrogen-bond donors (Lipinski definition) is 1. The summed E-state index contributed by atoms with van der Waals surface area (Å²) in [7, 11) is 0. The summed E-state index contributed by atoms with van der Waals surface area (Å²) in [5, 5.41) is 11.8. The van der Waals surface area contributed by atoms with Crippen molar-refractivity contribution in [2.45, 2.75) is 32.1 Å². The lowest BCUT2D eigenvalue weighted by Crippen LogP contribution is -2.50. The zero-order valence-corrected chi connectivity index (χ0v) is 15.5. The smallest absolute Gasteiger partial charge is 0.225 e. The highest BCUT2D eigenvalue weighted by Crippen LogP contribution is 2.26. The zero-order chi connectivity index (χ0) is 18.5. The number of aromatic nitrogens is 3. The molecule has 7 nitrogen and oxygen atoms in total. The van der Waals surface area contributed by atoms with Crippen molar-refractivity contribution >= 4 is 23.2 Å². The third-order valence-electron chi connectivity index (χ3n) is 5.45. The molecule has 1 saturated carbocycles. The van der Waals surface area contributed by atoms with Crippen LogP contribution in [0.1, 0.15) is 32.1 Å². The van der Waals surface area contributed by atoms with Gasteiger partial charge in [0.25, 0.3) is 0 Å². The number of nitrogens with zero attached hydrogens (tertiary/aromatic N) is 5. The van der Waals surface area contributed by atoms with E-state index in [1.807, 2.05) is 29.2 Å². The molecule has 0 unspecified atom stereocenters. The topological polar surface area (TPSA) is 74.2 Å². The normalized spacial score (nSPS) is 18.4. The summed E-state index contributed by atoms with van der Waals surface area (Å²) in [6.07, 6.45) is 9.29. The first-order chi connectivity index (χ1) is 13.3. The predicted octanol–water partition coefficient (Wildman–Crippen LogP) is 2.84. The minimum absolute atomic E-state index is 0.253. The van der Waals surface area contributed by atoms with Crippen molar-refractivity contribution in [2.24, 2.45) is 5.92 Å². The van der Waals surface area contributed by atoms with Crippen molar-refractivity contribution in [1.82, 2.24) is 20.1 Å². The third kappa shape index (κ3) is 4.35. The molecule has 0 radical (unpaired) electrons. The maximum Gasteiger partial charge on any atom is 0.225 e. The molecule has 1 saturated heterocycles. The summed E-state index contributed by atoms with van der Waals surface area (Å²) >= 11 is 0. The Bertz CT molecular complexity index is 737. The van der Waals surface area contributed by atoms with Gasteiger partial charge in [0, 0.05) is 38.3 Å². The first-order valence-corrected chi connectivity index (χ1v) is 9.84. The van der Waals surface area contributed by atoms with Crippen molar-refractivity contribution in [2.75, 3.05) is 36.4 Å². The van der Waals surface area contributed by atoms with Gasteiger partial charge >= 0.3 is 0 Å². The number of piperazine rings is 1. The monoisotopic (exact) mass is 366 g/mol. The van der Waals surface area contributed by atoms with Crippen LogP contribution in [0.2, 0.25) is 0 Å². The molecule has 1 N–H and O–H groups in total. The fourth-order valence-corrected chi connectivity index (χ4v) is 3.91. The van der Waals surface area contributed by atoms with Crippen LogP contribution in [0.25, 0.3) is 0 Å². The lowest BCUT2D eigenvalue weighted by Gasteiger charge is -2.37. The van der Waals surface area contributed by atoms with Crippen LogP contribution in [0.4, 0.5) is 17.3 Å². The van der Waals surface area contributed by atoms with Crippen molar-refractivity contribution in [1.29, 1.82) is 0 Å². The van der Waals surface area contributed by atoms with E-state index in [0.717, 1.165) is 50.5 Å². The van der Waals surface area contributed by atoms with Gasteiger partial charge in [-0.1, -0.05) is 19.3 Å². The molecule has 0 atom stereocenters. The molecular formula is C20H26N6O. The highest BCUT2D eigenvalue weighted by Gasteiger charge is 2.28. The number of amides is 1. The molecule has 27 heavy (non-hydrogen) atoms. The van der Waals surface area contributed by atoms with E-state index in [1.54, 1.807) is 12.4 Å². The standard InChI is InChI=1S/C20H26N6O/c27-20(16-5-2-1-3-6-16)26-13-11-25(12-14-26)19-9-8-18(23-24-19)22-17-7-4-10-21-15-17/h4,7-10,15-16H,1-3,5-6,11-14H2,(H,22,23). The Labute approximate surface area is 159 Å². The van der Waals surface area contributed by atoms with Crippen LogP contribution in [0.15, 0.2) is 36.7 Å². The van der Waals surface area contributed by atoms with Gasteiger partial charge in [-0.15, -0.1) is 10.2 Å². The Balaban J connectivity index is 1.31. The van der Waals surface area contributed by atoms with E-state index < -0.39 is 0 Å². The maximum atomic E-state index is 12.7. The first kappa shape index (κ1) is 17.7. The quantitative estimate of drug-likeness (QED) is 0.897. The molecule has 0 spiro atoms. The van der Waals surface area contributed by atoms with Crippen molar-refractivity contribution in [3.05, 3.63) is 36.7 Å². The minimum Gasteiger partial charge on any atom is -0.352 e. The molecule has 2 aromatic rings. The molecule has 2 aromatic heterocycles. The lowest BCUT2D eigenvalue weighted by atomic mass is 9.88. The SMILES string of the molecule is O=C(C1CCCCC1)N1CCN(c2ccc(Nc3cccnc3)nn2)CC1. The van der Waals surface area contributed by atoms with Crippen molar-refractivity contribution in [3.8, 4) is 0 Å². The van der Waals surface area contributed by atoms with E-state index in [9.17, 15) is 4.79 Å². The van der Waals surface area contributed by atoms with Gasteiger partial charge in [0.15, 0.2) is 11.6 Å². The summed E-state index contributed by atoms with van der Waals surface area (Å²) in [5.74, 6) is 2.16. The van der Waals surface area contributed by atoms with E-state index >= 15 is 0 Å². The van der Waals surface area contributed by atoms with E-state index in [-0.39, 0.29) is 5.92 Å². The van der Waals surface area contributed by atoms with Crippen molar-refractivity contribution in [3.63, 3.8) is 0 Å². The van der Waals surface area contributed by atoms with Gasteiger partial charge in [-0.2, -0.15) is 0 Å². The average Bonchev–Trinajstić information content (AvgIpc) is 2.75. The molecule has 4 rings (SSSR count). The van der Waals surface area contributed by atoms with Crippen LogP contribution in [0, 0.1) is 5.92 Å².